The molecule has 0 saturated heterocycles. The molecule has 0 nitrogen and oxygen atoms in total. The Balaban J connectivity index is 2.57. The fourth-order valence-corrected chi connectivity index (χ4v) is 1.23. The lowest BCUT2D eigenvalue weighted by atomic mass is 10.1. The standard InChI is InChI=1S/C11H16/c1-2-8-11-9-6-4-3-5-7-10-11/h4,6-7,9-10H,2-3,5,8H2,1H3/b6-4-,10-7-,11-9-. The molecule has 0 fully saturated rings. The van der Waals surface area contributed by atoms with Crippen LogP contribution in [0.25, 0.3) is 0 Å². The third kappa shape index (κ3) is 3.22. The Morgan fingerprint density at radius 1 is 1.27 bits per heavy atom. The maximum Gasteiger partial charge on any atom is -0.0282 e. The van der Waals surface area contributed by atoms with Gasteiger partial charge in [0.1, 0.15) is 0 Å². The molecule has 60 valence electrons. The van der Waals surface area contributed by atoms with Gasteiger partial charge in [-0.15, -0.1) is 0 Å². The smallest absolute Gasteiger partial charge is 0.0282 e. The Labute approximate surface area is 69.3 Å². The van der Waals surface area contributed by atoms with Crippen LogP contribution >= 0.6 is 0 Å². The Kier molecular flexibility index (Phi) is 3.74. The van der Waals surface area contributed by atoms with Gasteiger partial charge in [0.15, 0.2) is 0 Å². The zero-order chi connectivity index (χ0) is 7.94. The van der Waals surface area contributed by atoms with Crippen molar-refractivity contribution >= 4 is 0 Å². The normalized spacial score (nSPS) is 27.9. The summed E-state index contributed by atoms with van der Waals surface area (Å²) in [4.78, 5) is 0. The van der Waals surface area contributed by atoms with Crippen LogP contribution in [0.15, 0.2) is 36.0 Å². The topological polar surface area (TPSA) is 0 Å². The predicted octanol–water partition coefficient (Wildman–Crippen LogP) is 3.62. The third-order valence-electron chi connectivity index (χ3n) is 1.82. The predicted molar refractivity (Wildman–Crippen MR) is 50.5 cm³/mol. The van der Waals surface area contributed by atoms with Gasteiger partial charge < -0.3 is 0 Å². The summed E-state index contributed by atoms with van der Waals surface area (Å²) in [5.74, 6) is 0. The van der Waals surface area contributed by atoms with E-state index in [0.29, 0.717) is 0 Å². The summed E-state index contributed by atoms with van der Waals surface area (Å²) >= 11 is 0. The first-order chi connectivity index (χ1) is 5.43. The van der Waals surface area contributed by atoms with Crippen molar-refractivity contribution in [2.24, 2.45) is 0 Å². The van der Waals surface area contributed by atoms with Gasteiger partial charge in [-0.05, 0) is 24.8 Å². The minimum atomic E-state index is 1.19. The fourth-order valence-electron chi connectivity index (χ4n) is 1.23. The van der Waals surface area contributed by atoms with Gasteiger partial charge in [0.25, 0.3) is 0 Å². The Morgan fingerprint density at radius 3 is 2.91 bits per heavy atom. The summed E-state index contributed by atoms with van der Waals surface area (Å²) in [7, 11) is 0. The number of allylic oxidation sites excluding steroid dienone is 6. The maximum atomic E-state index is 2.27. The van der Waals surface area contributed by atoms with Crippen molar-refractivity contribution in [3.63, 3.8) is 0 Å². The van der Waals surface area contributed by atoms with Gasteiger partial charge in [-0.2, -0.15) is 0 Å². The van der Waals surface area contributed by atoms with E-state index < -0.39 is 0 Å². The van der Waals surface area contributed by atoms with Crippen molar-refractivity contribution in [2.45, 2.75) is 32.6 Å². The lowest BCUT2D eigenvalue weighted by Gasteiger charge is -1.99. The van der Waals surface area contributed by atoms with E-state index in [1.165, 1.54) is 31.3 Å². The van der Waals surface area contributed by atoms with E-state index in [1.54, 1.807) is 0 Å². The van der Waals surface area contributed by atoms with Gasteiger partial charge in [-0.3, -0.25) is 0 Å². The molecule has 0 unspecified atom stereocenters. The second-order valence-corrected chi connectivity index (χ2v) is 2.90. The lowest BCUT2D eigenvalue weighted by Crippen LogP contribution is -1.79. The Morgan fingerprint density at radius 2 is 2.09 bits per heavy atom. The SMILES string of the molecule is CCCC1=C/C=C\CC/C=C\1. The second-order valence-electron chi connectivity index (χ2n) is 2.90. The molecule has 0 amide bonds. The van der Waals surface area contributed by atoms with E-state index >= 15 is 0 Å². The molecular weight excluding hydrogens is 132 g/mol. The Hall–Kier alpha value is -0.780. The van der Waals surface area contributed by atoms with Gasteiger partial charge in [0, 0.05) is 0 Å². The van der Waals surface area contributed by atoms with Crippen LogP contribution in [0.1, 0.15) is 32.6 Å². The van der Waals surface area contributed by atoms with Crippen LogP contribution in [-0.2, 0) is 0 Å². The molecule has 1 aliphatic carbocycles. The van der Waals surface area contributed by atoms with Crippen LogP contribution < -0.4 is 0 Å². The average molecular weight is 148 g/mol. The lowest BCUT2D eigenvalue weighted by molar-refractivity contribution is 0.920. The van der Waals surface area contributed by atoms with Gasteiger partial charge in [-0.1, -0.05) is 43.7 Å². The highest BCUT2D eigenvalue weighted by Crippen LogP contribution is 2.10. The summed E-state index contributed by atoms with van der Waals surface area (Å²) < 4.78 is 0. The van der Waals surface area contributed by atoms with Crippen molar-refractivity contribution in [3.8, 4) is 0 Å². The molecule has 11 heavy (non-hydrogen) atoms. The molecule has 0 N–H and O–H groups in total. The van der Waals surface area contributed by atoms with Crippen LogP contribution in [0.4, 0.5) is 0 Å². The number of rotatable bonds is 2. The zero-order valence-corrected chi connectivity index (χ0v) is 7.22. The molecule has 0 spiro atoms. The van der Waals surface area contributed by atoms with Crippen LogP contribution in [0.3, 0.4) is 0 Å². The minimum absolute atomic E-state index is 1.19. The first-order valence-electron chi connectivity index (χ1n) is 4.45. The quantitative estimate of drug-likeness (QED) is 0.561. The van der Waals surface area contributed by atoms with E-state index in [9.17, 15) is 0 Å². The van der Waals surface area contributed by atoms with Gasteiger partial charge in [0.05, 0.1) is 0 Å². The number of hydrogen-bond acceptors (Lipinski definition) is 0. The van der Waals surface area contributed by atoms with Crippen LogP contribution in [-0.4, -0.2) is 0 Å². The minimum Gasteiger partial charge on any atom is -0.0842 e. The van der Waals surface area contributed by atoms with E-state index in [-0.39, 0.29) is 0 Å². The molecule has 0 aliphatic heterocycles. The van der Waals surface area contributed by atoms with Crippen molar-refractivity contribution in [1.29, 1.82) is 0 Å². The third-order valence-corrected chi connectivity index (χ3v) is 1.82. The summed E-state index contributed by atoms with van der Waals surface area (Å²) in [6.07, 6.45) is 16.0. The van der Waals surface area contributed by atoms with E-state index in [0.717, 1.165) is 0 Å². The highest BCUT2D eigenvalue weighted by atomic mass is 14.0. The summed E-state index contributed by atoms with van der Waals surface area (Å²) in [6, 6.07) is 0. The molecule has 0 heterocycles. The zero-order valence-electron chi connectivity index (χ0n) is 7.22. The average Bonchev–Trinajstić information content (AvgIpc) is 1.94. The number of hydrogen-bond donors (Lipinski definition) is 0. The summed E-state index contributed by atoms with van der Waals surface area (Å²) in [6.45, 7) is 2.22. The monoisotopic (exact) mass is 148 g/mol. The molecule has 0 atom stereocenters. The van der Waals surface area contributed by atoms with E-state index in [4.69, 9.17) is 0 Å². The van der Waals surface area contributed by atoms with Crippen LogP contribution in [0, 0.1) is 0 Å². The van der Waals surface area contributed by atoms with Crippen molar-refractivity contribution in [2.75, 3.05) is 0 Å². The molecule has 1 aliphatic rings. The molecule has 0 aromatic rings. The molecule has 0 heteroatoms. The van der Waals surface area contributed by atoms with Crippen LogP contribution in [0.2, 0.25) is 0 Å². The Bertz CT molecular complexity index is 182. The first kappa shape index (κ1) is 8.32. The summed E-state index contributed by atoms with van der Waals surface area (Å²) in [5.41, 5.74) is 1.46. The van der Waals surface area contributed by atoms with Crippen molar-refractivity contribution in [1.82, 2.24) is 0 Å². The molecule has 1 rings (SSSR count). The molecule has 0 radical (unpaired) electrons. The highest BCUT2D eigenvalue weighted by Gasteiger charge is 1.90. The van der Waals surface area contributed by atoms with Gasteiger partial charge in [0.2, 0.25) is 0 Å². The van der Waals surface area contributed by atoms with Crippen LogP contribution in [0.5, 0.6) is 0 Å². The van der Waals surface area contributed by atoms with Crippen molar-refractivity contribution in [3.05, 3.63) is 36.0 Å². The van der Waals surface area contributed by atoms with Crippen molar-refractivity contribution < 1.29 is 0 Å². The molecular formula is C11H16. The largest absolute Gasteiger partial charge is 0.0842 e. The van der Waals surface area contributed by atoms with E-state index in [1.807, 2.05) is 0 Å². The van der Waals surface area contributed by atoms with E-state index in [2.05, 4.69) is 37.3 Å². The first-order valence-corrected chi connectivity index (χ1v) is 4.45. The van der Waals surface area contributed by atoms with Gasteiger partial charge >= 0.3 is 0 Å². The molecule has 0 saturated carbocycles. The fraction of sp³-hybridized carbons (Fsp3) is 0.455. The molecule has 0 aromatic heterocycles. The highest BCUT2D eigenvalue weighted by molar-refractivity contribution is 5.25. The van der Waals surface area contributed by atoms with Gasteiger partial charge in [-0.25, -0.2) is 0 Å². The maximum absolute atomic E-state index is 2.27. The molecule has 0 aromatic carbocycles. The summed E-state index contributed by atoms with van der Waals surface area (Å²) in [5, 5.41) is 0. The molecule has 0 bridgehead atoms. The second kappa shape index (κ2) is 4.95.